The van der Waals surface area contributed by atoms with Crippen molar-refractivity contribution in [3.05, 3.63) is 0 Å². The molecule has 8 heteroatoms. The Hall–Kier alpha value is -1.22. The first-order chi connectivity index (χ1) is 21.0. The van der Waals surface area contributed by atoms with E-state index in [1.54, 1.807) is 0 Å². The lowest BCUT2D eigenvalue weighted by atomic mass is 9.43. The highest BCUT2D eigenvalue weighted by Crippen LogP contribution is 2.68. The lowest BCUT2D eigenvalue weighted by Gasteiger charge is -2.62. The minimum atomic E-state index is -0.593. The van der Waals surface area contributed by atoms with E-state index >= 15 is 0 Å². The molecule has 11 atom stereocenters. The zero-order chi connectivity index (χ0) is 32.1. The van der Waals surface area contributed by atoms with Crippen LogP contribution >= 0.6 is 0 Å². The first kappa shape index (κ1) is 35.6. The molecule has 0 unspecified atom stereocenters. The SMILES string of the molecule is COC(=O)[C@@H](NC(=O)CC[C@@H](C)[C@H]1CC[C@H]2[C@@H]3[C@H](O)C[C@@H]4C[C@@H](NCCCNCCCN)CC[C@]4(C)[C@H]3CC[C@]12C)C(C)C. The van der Waals surface area contributed by atoms with Crippen LogP contribution in [0, 0.1) is 52.3 Å². The van der Waals surface area contributed by atoms with Crippen molar-refractivity contribution in [1.82, 2.24) is 16.0 Å². The second kappa shape index (κ2) is 15.6. The largest absolute Gasteiger partial charge is 0.467 e. The third-order valence-corrected chi connectivity index (χ3v) is 13.2. The molecule has 0 aromatic rings. The molecule has 6 N–H and O–H groups in total. The van der Waals surface area contributed by atoms with Gasteiger partial charge in [-0.05, 0) is 149 Å². The van der Waals surface area contributed by atoms with Gasteiger partial charge in [0, 0.05) is 12.5 Å². The van der Waals surface area contributed by atoms with Gasteiger partial charge < -0.3 is 31.5 Å². The van der Waals surface area contributed by atoms with Crippen LogP contribution in [0.4, 0.5) is 0 Å². The molecule has 0 spiro atoms. The molecule has 0 aliphatic heterocycles. The lowest BCUT2D eigenvalue weighted by molar-refractivity contribution is -0.167. The van der Waals surface area contributed by atoms with Crippen LogP contribution in [-0.2, 0) is 14.3 Å². The second-order valence-corrected chi connectivity index (χ2v) is 16.0. The predicted octanol–water partition coefficient (Wildman–Crippen LogP) is 4.63. The summed E-state index contributed by atoms with van der Waals surface area (Å²) in [4.78, 5) is 25.0. The molecular formula is C36H66N4O4. The molecule has 0 bridgehead atoms. The topological polar surface area (TPSA) is 126 Å². The van der Waals surface area contributed by atoms with Gasteiger partial charge in [-0.3, -0.25) is 4.79 Å². The number of rotatable bonds is 15. The quantitative estimate of drug-likeness (QED) is 0.134. The Balaban J connectivity index is 1.31. The molecule has 0 heterocycles. The average Bonchev–Trinajstić information content (AvgIpc) is 3.35. The van der Waals surface area contributed by atoms with E-state index in [2.05, 4.69) is 36.7 Å². The maximum absolute atomic E-state index is 12.8. The van der Waals surface area contributed by atoms with E-state index in [9.17, 15) is 14.7 Å². The van der Waals surface area contributed by atoms with E-state index < -0.39 is 6.04 Å². The summed E-state index contributed by atoms with van der Waals surface area (Å²) in [7, 11) is 1.37. The van der Waals surface area contributed by atoms with Gasteiger partial charge in [-0.25, -0.2) is 4.79 Å². The molecule has 0 aromatic heterocycles. The predicted molar refractivity (Wildman–Crippen MR) is 177 cm³/mol. The highest BCUT2D eigenvalue weighted by atomic mass is 16.5. The van der Waals surface area contributed by atoms with E-state index in [1.165, 1.54) is 52.1 Å². The van der Waals surface area contributed by atoms with Crippen molar-refractivity contribution in [2.24, 2.45) is 58.0 Å². The summed E-state index contributed by atoms with van der Waals surface area (Å²) < 4.78 is 4.90. The molecular weight excluding hydrogens is 552 g/mol. The van der Waals surface area contributed by atoms with Gasteiger partial charge in [-0.1, -0.05) is 34.6 Å². The first-order valence-corrected chi connectivity index (χ1v) is 18.2. The number of carbonyl (C=O) groups excluding carboxylic acids is 2. The number of nitrogens with one attached hydrogen (secondary N) is 3. The fraction of sp³-hybridized carbons (Fsp3) is 0.944. The van der Waals surface area contributed by atoms with E-state index in [1.807, 2.05) is 13.8 Å². The number of amides is 1. The Kier molecular flexibility index (Phi) is 12.6. The molecule has 4 rings (SSSR count). The van der Waals surface area contributed by atoms with Gasteiger partial charge in [0.05, 0.1) is 13.2 Å². The second-order valence-electron chi connectivity index (χ2n) is 16.0. The zero-order valence-electron chi connectivity index (χ0n) is 28.8. The van der Waals surface area contributed by atoms with Crippen molar-refractivity contribution < 1.29 is 19.4 Å². The molecule has 4 aliphatic rings. The number of ether oxygens (including phenoxy) is 1. The molecule has 0 aromatic carbocycles. The number of fused-ring (bicyclic) bond motifs is 5. The van der Waals surface area contributed by atoms with Gasteiger partial charge in [0.2, 0.25) is 5.91 Å². The van der Waals surface area contributed by atoms with Crippen LogP contribution in [0.2, 0.25) is 0 Å². The standard InChI is InChI=1S/C36H66N4O4/c1-23(2)33(34(43)44-6)40-31(42)12-9-24(3)27-10-11-28-32-29(14-16-36(27,28)5)35(4)15-13-26(21-25(35)22-30(32)41)39-20-8-19-38-18-7-17-37/h23-30,32-33,38-39,41H,7-22,37H2,1-6H3,(H,40,42)/t24-,25+,26+,27-,28+,29+,30-,32+,33+,35+,36-/m1/s1. The fourth-order valence-electron chi connectivity index (χ4n) is 10.7. The third-order valence-electron chi connectivity index (χ3n) is 13.2. The van der Waals surface area contributed by atoms with Crippen molar-refractivity contribution in [3.8, 4) is 0 Å². The van der Waals surface area contributed by atoms with Gasteiger partial charge in [0.1, 0.15) is 6.04 Å². The molecule has 0 radical (unpaired) electrons. The minimum absolute atomic E-state index is 0.0117. The molecule has 4 fully saturated rings. The number of nitrogens with two attached hydrogens (primary N) is 1. The van der Waals surface area contributed by atoms with Crippen LogP contribution in [0.25, 0.3) is 0 Å². The number of aliphatic hydroxyl groups excluding tert-OH is 1. The average molecular weight is 619 g/mol. The Morgan fingerprint density at radius 2 is 1.66 bits per heavy atom. The number of hydrogen-bond donors (Lipinski definition) is 5. The van der Waals surface area contributed by atoms with Crippen LogP contribution < -0.4 is 21.7 Å². The van der Waals surface area contributed by atoms with Gasteiger partial charge in [0.15, 0.2) is 0 Å². The Morgan fingerprint density at radius 1 is 0.955 bits per heavy atom. The Labute approximate surface area is 268 Å². The van der Waals surface area contributed by atoms with Crippen LogP contribution in [-0.4, -0.2) is 68.5 Å². The summed E-state index contributed by atoms with van der Waals surface area (Å²) in [5, 5.41) is 22.1. The number of methoxy groups -OCH3 is 1. The van der Waals surface area contributed by atoms with Gasteiger partial charge >= 0.3 is 5.97 Å². The van der Waals surface area contributed by atoms with E-state index in [-0.39, 0.29) is 29.3 Å². The number of hydrogen-bond acceptors (Lipinski definition) is 7. The van der Waals surface area contributed by atoms with Crippen LogP contribution in [0.3, 0.4) is 0 Å². The maximum Gasteiger partial charge on any atom is 0.328 e. The molecule has 0 saturated heterocycles. The fourth-order valence-corrected chi connectivity index (χ4v) is 10.7. The summed E-state index contributed by atoms with van der Waals surface area (Å²) in [5.74, 6) is 2.76. The third kappa shape index (κ3) is 7.66. The summed E-state index contributed by atoms with van der Waals surface area (Å²) in [6, 6.07) is -0.0174. The molecule has 44 heavy (non-hydrogen) atoms. The summed E-state index contributed by atoms with van der Waals surface area (Å²) >= 11 is 0. The van der Waals surface area contributed by atoms with Crippen molar-refractivity contribution >= 4 is 11.9 Å². The highest BCUT2D eigenvalue weighted by molar-refractivity contribution is 5.84. The molecule has 8 nitrogen and oxygen atoms in total. The van der Waals surface area contributed by atoms with Crippen molar-refractivity contribution in [3.63, 3.8) is 0 Å². The van der Waals surface area contributed by atoms with Gasteiger partial charge in [-0.15, -0.1) is 0 Å². The lowest BCUT2D eigenvalue weighted by Crippen LogP contribution is -2.59. The van der Waals surface area contributed by atoms with Crippen molar-refractivity contribution in [2.75, 3.05) is 33.3 Å². The molecule has 4 saturated carbocycles. The first-order valence-electron chi connectivity index (χ1n) is 18.2. The van der Waals surface area contributed by atoms with E-state index in [0.717, 1.165) is 51.9 Å². The van der Waals surface area contributed by atoms with Gasteiger partial charge in [-0.2, -0.15) is 0 Å². The summed E-state index contributed by atoms with van der Waals surface area (Å²) in [6.45, 7) is 15.1. The highest BCUT2D eigenvalue weighted by Gasteiger charge is 2.62. The smallest absolute Gasteiger partial charge is 0.328 e. The Bertz CT molecular complexity index is 947. The van der Waals surface area contributed by atoms with E-state index in [0.29, 0.717) is 53.4 Å². The molecule has 254 valence electrons. The number of aliphatic hydroxyl groups is 1. The van der Waals surface area contributed by atoms with E-state index in [4.69, 9.17) is 10.5 Å². The van der Waals surface area contributed by atoms with Crippen LogP contribution in [0.15, 0.2) is 0 Å². The summed E-state index contributed by atoms with van der Waals surface area (Å²) in [6.07, 6.45) is 12.8. The number of esters is 1. The number of carbonyl (C=O) groups is 2. The summed E-state index contributed by atoms with van der Waals surface area (Å²) in [5.41, 5.74) is 6.15. The van der Waals surface area contributed by atoms with Gasteiger partial charge in [0.25, 0.3) is 0 Å². The monoisotopic (exact) mass is 619 g/mol. The van der Waals surface area contributed by atoms with Crippen molar-refractivity contribution in [2.45, 2.75) is 130 Å². The molecule has 1 amide bonds. The van der Waals surface area contributed by atoms with Crippen LogP contribution in [0.5, 0.6) is 0 Å². The maximum atomic E-state index is 12.8. The van der Waals surface area contributed by atoms with Crippen LogP contribution in [0.1, 0.15) is 112 Å². The normalized spacial score (nSPS) is 37.9. The Morgan fingerprint density at radius 3 is 2.36 bits per heavy atom. The molecule has 4 aliphatic carbocycles. The zero-order valence-corrected chi connectivity index (χ0v) is 28.8. The van der Waals surface area contributed by atoms with Crippen molar-refractivity contribution in [1.29, 1.82) is 0 Å². The minimum Gasteiger partial charge on any atom is -0.467 e.